The zero-order valence-electron chi connectivity index (χ0n) is 10.8. The molecule has 2 rings (SSSR count). The molecule has 0 aromatic heterocycles. The van der Waals surface area contributed by atoms with Crippen LogP contribution in [0.3, 0.4) is 0 Å². The van der Waals surface area contributed by atoms with Gasteiger partial charge in [0.25, 0.3) is 10.0 Å². The maximum absolute atomic E-state index is 13.2. The van der Waals surface area contributed by atoms with Gasteiger partial charge in [0.1, 0.15) is 11.6 Å². The van der Waals surface area contributed by atoms with Gasteiger partial charge in [-0.25, -0.2) is 17.2 Å². The summed E-state index contributed by atoms with van der Waals surface area (Å²) in [4.78, 5) is -0.402. The number of rotatable bonds is 4. The maximum atomic E-state index is 13.2. The van der Waals surface area contributed by atoms with Crippen LogP contribution >= 0.6 is 0 Å². The predicted octanol–water partition coefficient (Wildman–Crippen LogP) is 3.18. The van der Waals surface area contributed by atoms with Gasteiger partial charge < -0.3 is 0 Å². The Balaban J connectivity index is 2.52. The lowest BCUT2D eigenvalue weighted by Gasteiger charge is -2.22. The molecular formula is C14H13F2NO2S. The Morgan fingerprint density at radius 1 is 1.00 bits per heavy atom. The quantitative estimate of drug-likeness (QED) is 0.869. The Morgan fingerprint density at radius 2 is 1.55 bits per heavy atom. The van der Waals surface area contributed by atoms with Gasteiger partial charge in [-0.3, -0.25) is 4.31 Å². The second-order valence-electron chi connectivity index (χ2n) is 4.11. The van der Waals surface area contributed by atoms with E-state index in [4.69, 9.17) is 0 Å². The molecule has 0 aliphatic heterocycles. The van der Waals surface area contributed by atoms with E-state index in [2.05, 4.69) is 0 Å². The topological polar surface area (TPSA) is 37.4 Å². The SMILES string of the molecule is CCN(c1ccccc1)S(=O)(=O)c1cc(F)cc(F)c1. The minimum absolute atomic E-state index is 0.157. The van der Waals surface area contributed by atoms with E-state index in [9.17, 15) is 17.2 Å². The van der Waals surface area contributed by atoms with E-state index in [-0.39, 0.29) is 6.54 Å². The summed E-state index contributed by atoms with van der Waals surface area (Å²) in [5, 5.41) is 0. The van der Waals surface area contributed by atoms with Crippen molar-refractivity contribution < 1.29 is 17.2 Å². The molecule has 0 heterocycles. The molecule has 2 aromatic rings. The number of anilines is 1. The van der Waals surface area contributed by atoms with Gasteiger partial charge >= 0.3 is 0 Å². The predicted molar refractivity (Wildman–Crippen MR) is 73.0 cm³/mol. The Bertz CT molecular complexity index is 682. The number of benzene rings is 2. The average molecular weight is 297 g/mol. The molecule has 0 saturated carbocycles. The summed E-state index contributed by atoms with van der Waals surface area (Å²) in [6, 6.07) is 10.6. The van der Waals surface area contributed by atoms with E-state index in [1.54, 1.807) is 37.3 Å². The van der Waals surface area contributed by atoms with Gasteiger partial charge in [-0.05, 0) is 31.2 Å². The van der Waals surface area contributed by atoms with Crippen LogP contribution in [0.25, 0.3) is 0 Å². The van der Waals surface area contributed by atoms with E-state index < -0.39 is 26.6 Å². The van der Waals surface area contributed by atoms with E-state index in [1.807, 2.05) is 0 Å². The minimum Gasteiger partial charge on any atom is -0.267 e. The second kappa shape index (κ2) is 5.58. The van der Waals surface area contributed by atoms with Crippen molar-refractivity contribution >= 4 is 15.7 Å². The number of para-hydroxylation sites is 1. The molecule has 0 aliphatic rings. The molecule has 0 amide bonds. The van der Waals surface area contributed by atoms with E-state index >= 15 is 0 Å². The molecule has 0 saturated heterocycles. The normalized spacial score (nSPS) is 11.3. The van der Waals surface area contributed by atoms with E-state index in [0.29, 0.717) is 11.8 Å². The molecule has 0 atom stereocenters. The molecule has 20 heavy (non-hydrogen) atoms. The summed E-state index contributed by atoms with van der Waals surface area (Å²) in [5.41, 5.74) is 0.444. The number of sulfonamides is 1. The maximum Gasteiger partial charge on any atom is 0.264 e. The molecule has 0 aliphatic carbocycles. The smallest absolute Gasteiger partial charge is 0.264 e. The van der Waals surface area contributed by atoms with Crippen LogP contribution in [0.1, 0.15) is 6.92 Å². The summed E-state index contributed by atoms with van der Waals surface area (Å²) >= 11 is 0. The highest BCUT2D eigenvalue weighted by molar-refractivity contribution is 7.92. The summed E-state index contributed by atoms with van der Waals surface area (Å²) in [6.45, 7) is 1.81. The van der Waals surface area contributed by atoms with Gasteiger partial charge in [0.2, 0.25) is 0 Å². The fourth-order valence-electron chi connectivity index (χ4n) is 1.89. The molecular weight excluding hydrogens is 284 g/mol. The first-order valence-corrected chi connectivity index (χ1v) is 7.43. The first-order chi connectivity index (χ1) is 9.45. The minimum atomic E-state index is -4.00. The second-order valence-corrected chi connectivity index (χ2v) is 5.97. The molecule has 3 nitrogen and oxygen atoms in total. The van der Waals surface area contributed by atoms with Crippen molar-refractivity contribution in [2.24, 2.45) is 0 Å². The van der Waals surface area contributed by atoms with Crippen LogP contribution in [0.4, 0.5) is 14.5 Å². The third-order valence-electron chi connectivity index (χ3n) is 2.76. The van der Waals surface area contributed by atoms with Crippen molar-refractivity contribution in [1.29, 1.82) is 0 Å². The highest BCUT2D eigenvalue weighted by atomic mass is 32.2. The Hall–Kier alpha value is -1.95. The van der Waals surface area contributed by atoms with Crippen LogP contribution in [0, 0.1) is 11.6 Å². The Labute approximate surface area is 116 Å². The number of hydrogen-bond acceptors (Lipinski definition) is 2. The average Bonchev–Trinajstić information content (AvgIpc) is 2.39. The highest BCUT2D eigenvalue weighted by Gasteiger charge is 2.24. The zero-order valence-corrected chi connectivity index (χ0v) is 11.6. The third kappa shape index (κ3) is 2.80. The van der Waals surface area contributed by atoms with Gasteiger partial charge in [0.05, 0.1) is 10.6 Å². The molecule has 0 fully saturated rings. The van der Waals surface area contributed by atoms with Crippen molar-refractivity contribution in [2.45, 2.75) is 11.8 Å². The van der Waals surface area contributed by atoms with Gasteiger partial charge in [-0.2, -0.15) is 0 Å². The van der Waals surface area contributed by atoms with Crippen LogP contribution in [-0.2, 0) is 10.0 Å². The molecule has 0 N–H and O–H groups in total. The zero-order chi connectivity index (χ0) is 14.8. The van der Waals surface area contributed by atoms with Crippen molar-refractivity contribution in [3.63, 3.8) is 0 Å². The molecule has 2 aromatic carbocycles. The van der Waals surface area contributed by atoms with Crippen molar-refractivity contribution in [3.8, 4) is 0 Å². The Morgan fingerprint density at radius 3 is 2.05 bits per heavy atom. The van der Waals surface area contributed by atoms with E-state index in [0.717, 1.165) is 16.4 Å². The molecule has 0 radical (unpaired) electrons. The summed E-state index contributed by atoms with van der Waals surface area (Å²) in [7, 11) is -4.00. The molecule has 106 valence electrons. The van der Waals surface area contributed by atoms with Crippen LogP contribution in [0.15, 0.2) is 53.4 Å². The molecule has 0 spiro atoms. The van der Waals surface area contributed by atoms with Crippen molar-refractivity contribution in [2.75, 3.05) is 10.8 Å². The van der Waals surface area contributed by atoms with Crippen LogP contribution in [0.2, 0.25) is 0 Å². The lowest BCUT2D eigenvalue weighted by atomic mass is 10.3. The van der Waals surface area contributed by atoms with Crippen LogP contribution in [-0.4, -0.2) is 15.0 Å². The van der Waals surface area contributed by atoms with Crippen LogP contribution < -0.4 is 4.31 Å². The van der Waals surface area contributed by atoms with E-state index in [1.165, 1.54) is 0 Å². The highest BCUT2D eigenvalue weighted by Crippen LogP contribution is 2.24. The summed E-state index contributed by atoms with van der Waals surface area (Å²) in [6.07, 6.45) is 0. The molecule has 0 bridgehead atoms. The number of hydrogen-bond donors (Lipinski definition) is 0. The fraction of sp³-hybridized carbons (Fsp3) is 0.143. The summed E-state index contributed by atoms with van der Waals surface area (Å²) < 4.78 is 52.4. The fourth-order valence-corrected chi connectivity index (χ4v) is 3.41. The molecule has 6 heteroatoms. The van der Waals surface area contributed by atoms with Crippen molar-refractivity contribution in [3.05, 3.63) is 60.2 Å². The van der Waals surface area contributed by atoms with Crippen molar-refractivity contribution in [1.82, 2.24) is 0 Å². The third-order valence-corrected chi connectivity index (χ3v) is 4.64. The summed E-state index contributed by atoms with van der Waals surface area (Å²) in [5.74, 6) is -1.85. The van der Waals surface area contributed by atoms with Gasteiger partial charge in [-0.1, -0.05) is 18.2 Å². The standard InChI is InChI=1S/C14H13F2NO2S/c1-2-17(13-6-4-3-5-7-13)20(18,19)14-9-11(15)8-12(16)10-14/h3-10H,2H2,1H3. The molecule has 0 unspecified atom stereocenters. The largest absolute Gasteiger partial charge is 0.267 e. The lowest BCUT2D eigenvalue weighted by molar-refractivity contribution is 0.565. The first kappa shape index (κ1) is 14.5. The monoisotopic (exact) mass is 297 g/mol. The number of halogens is 2. The van der Waals surface area contributed by atoms with Crippen LogP contribution in [0.5, 0.6) is 0 Å². The lowest BCUT2D eigenvalue weighted by Crippen LogP contribution is -2.30. The number of nitrogens with zero attached hydrogens (tertiary/aromatic N) is 1. The Kier molecular flexibility index (Phi) is 4.04. The van der Waals surface area contributed by atoms with Gasteiger partial charge in [-0.15, -0.1) is 0 Å². The van der Waals surface area contributed by atoms with Gasteiger partial charge in [0.15, 0.2) is 0 Å². The van der Waals surface area contributed by atoms with Gasteiger partial charge in [0, 0.05) is 12.6 Å². The first-order valence-electron chi connectivity index (χ1n) is 5.99.